The lowest BCUT2D eigenvalue weighted by molar-refractivity contribution is 0.110. The molecule has 2 saturated carbocycles. The fraction of sp³-hybridized carbons (Fsp3) is 1.00. The van der Waals surface area contributed by atoms with Crippen LogP contribution in [0.4, 0.5) is 0 Å². The van der Waals surface area contributed by atoms with Gasteiger partial charge in [-0.3, -0.25) is 0 Å². The summed E-state index contributed by atoms with van der Waals surface area (Å²) in [7, 11) is 0. The van der Waals surface area contributed by atoms with Crippen LogP contribution in [-0.4, -0.2) is 22.4 Å². The summed E-state index contributed by atoms with van der Waals surface area (Å²) in [5, 5.41) is 19.3. The summed E-state index contributed by atoms with van der Waals surface area (Å²) >= 11 is 0. The summed E-state index contributed by atoms with van der Waals surface area (Å²) in [6.45, 7) is 0. The highest BCUT2D eigenvalue weighted by molar-refractivity contribution is 4.91. The highest BCUT2D eigenvalue weighted by Crippen LogP contribution is 2.41. The van der Waals surface area contributed by atoms with E-state index in [1.807, 2.05) is 0 Å². The summed E-state index contributed by atoms with van der Waals surface area (Å²) < 4.78 is 0. The fourth-order valence-corrected chi connectivity index (χ4v) is 2.92. The predicted octanol–water partition coefficient (Wildman–Crippen LogP) is 1.31. The Bertz CT molecular complexity index is 142. The van der Waals surface area contributed by atoms with Gasteiger partial charge in [0.15, 0.2) is 0 Å². The number of hydrogen-bond donors (Lipinski definition) is 2. The van der Waals surface area contributed by atoms with Crippen LogP contribution in [0.15, 0.2) is 0 Å². The van der Waals surface area contributed by atoms with E-state index in [0.717, 1.165) is 12.8 Å². The summed E-state index contributed by atoms with van der Waals surface area (Å²) in [5.74, 6) is 0.810. The Morgan fingerprint density at radius 2 is 1.25 bits per heavy atom. The van der Waals surface area contributed by atoms with Gasteiger partial charge in [0, 0.05) is 0 Å². The minimum atomic E-state index is -0.219. The number of aliphatic hydroxyl groups is 2. The van der Waals surface area contributed by atoms with Crippen molar-refractivity contribution in [1.82, 2.24) is 0 Å². The molecule has 0 spiro atoms. The Hall–Kier alpha value is -0.0800. The summed E-state index contributed by atoms with van der Waals surface area (Å²) in [6, 6.07) is 0. The Morgan fingerprint density at radius 1 is 0.750 bits per heavy atom. The van der Waals surface area contributed by atoms with Crippen LogP contribution in [0.3, 0.4) is 0 Å². The normalized spacial score (nSPS) is 48.5. The van der Waals surface area contributed by atoms with Crippen molar-refractivity contribution >= 4 is 0 Å². The summed E-state index contributed by atoms with van der Waals surface area (Å²) in [4.78, 5) is 0. The molecule has 0 amide bonds. The molecule has 70 valence electrons. The van der Waals surface area contributed by atoms with E-state index in [2.05, 4.69) is 0 Å². The fourth-order valence-electron chi connectivity index (χ4n) is 2.92. The van der Waals surface area contributed by atoms with Crippen molar-refractivity contribution in [3.63, 3.8) is 0 Å². The van der Waals surface area contributed by atoms with E-state index in [-0.39, 0.29) is 12.2 Å². The molecule has 12 heavy (non-hydrogen) atoms. The topological polar surface area (TPSA) is 40.5 Å². The number of hydrogen-bond acceptors (Lipinski definition) is 2. The zero-order valence-electron chi connectivity index (χ0n) is 7.45. The maximum Gasteiger partial charge on any atom is 0.0596 e. The smallest absolute Gasteiger partial charge is 0.0596 e. The van der Waals surface area contributed by atoms with E-state index in [1.165, 1.54) is 19.3 Å². The lowest BCUT2D eigenvalue weighted by atomic mass is 9.89. The predicted molar refractivity (Wildman–Crippen MR) is 46.7 cm³/mol. The van der Waals surface area contributed by atoms with E-state index in [4.69, 9.17) is 0 Å². The van der Waals surface area contributed by atoms with Gasteiger partial charge in [0.2, 0.25) is 0 Å². The second-order valence-electron chi connectivity index (χ2n) is 4.34. The molecule has 0 aromatic rings. The second-order valence-corrected chi connectivity index (χ2v) is 4.34. The highest BCUT2D eigenvalue weighted by Gasteiger charge is 2.41. The van der Waals surface area contributed by atoms with Gasteiger partial charge in [-0.1, -0.05) is 19.3 Å². The van der Waals surface area contributed by atoms with Crippen LogP contribution in [0, 0.1) is 11.8 Å². The molecule has 0 aliphatic heterocycles. The monoisotopic (exact) mass is 170 g/mol. The molecule has 2 fully saturated rings. The number of aliphatic hydroxyl groups excluding tert-OH is 2. The maximum atomic E-state index is 9.66. The van der Waals surface area contributed by atoms with Crippen LogP contribution in [0.2, 0.25) is 0 Å². The molecule has 2 N–H and O–H groups in total. The van der Waals surface area contributed by atoms with Gasteiger partial charge in [-0.05, 0) is 31.1 Å². The third kappa shape index (κ3) is 1.38. The van der Waals surface area contributed by atoms with Gasteiger partial charge in [-0.15, -0.1) is 0 Å². The SMILES string of the molecule is OC1CC(O)C2CCCCCC12. The molecule has 2 aliphatic carbocycles. The first-order valence-electron chi connectivity index (χ1n) is 5.15. The largest absolute Gasteiger partial charge is 0.393 e. The highest BCUT2D eigenvalue weighted by atomic mass is 16.3. The molecule has 2 aliphatic rings. The molecular weight excluding hydrogens is 152 g/mol. The number of rotatable bonds is 0. The molecule has 0 saturated heterocycles. The molecule has 2 rings (SSSR count). The first kappa shape index (κ1) is 8.52. The van der Waals surface area contributed by atoms with Crippen molar-refractivity contribution in [2.24, 2.45) is 11.8 Å². The van der Waals surface area contributed by atoms with Crippen LogP contribution in [0.5, 0.6) is 0 Å². The van der Waals surface area contributed by atoms with Crippen LogP contribution in [0.1, 0.15) is 38.5 Å². The van der Waals surface area contributed by atoms with Gasteiger partial charge in [0.05, 0.1) is 12.2 Å². The maximum absolute atomic E-state index is 9.66. The van der Waals surface area contributed by atoms with Gasteiger partial charge in [-0.2, -0.15) is 0 Å². The zero-order chi connectivity index (χ0) is 8.55. The first-order valence-corrected chi connectivity index (χ1v) is 5.15. The molecular formula is C10H18O2. The van der Waals surface area contributed by atoms with Gasteiger partial charge < -0.3 is 10.2 Å². The molecule has 0 aromatic carbocycles. The van der Waals surface area contributed by atoms with Crippen LogP contribution in [0.25, 0.3) is 0 Å². The van der Waals surface area contributed by atoms with Gasteiger partial charge in [0.1, 0.15) is 0 Å². The minimum Gasteiger partial charge on any atom is -0.393 e. The Morgan fingerprint density at radius 3 is 1.75 bits per heavy atom. The molecule has 2 nitrogen and oxygen atoms in total. The quantitative estimate of drug-likeness (QED) is 0.575. The Kier molecular flexibility index (Phi) is 2.37. The average Bonchev–Trinajstić information content (AvgIpc) is 2.29. The summed E-state index contributed by atoms with van der Waals surface area (Å²) in [6.07, 6.45) is 6.20. The van der Waals surface area contributed by atoms with E-state index in [1.54, 1.807) is 0 Å². The third-order valence-electron chi connectivity index (χ3n) is 3.60. The van der Waals surface area contributed by atoms with E-state index < -0.39 is 0 Å². The van der Waals surface area contributed by atoms with Crippen molar-refractivity contribution in [3.8, 4) is 0 Å². The average molecular weight is 170 g/mol. The van der Waals surface area contributed by atoms with Gasteiger partial charge in [0.25, 0.3) is 0 Å². The standard InChI is InChI=1S/C10H18O2/c11-9-6-10(12)8-5-3-1-2-4-7(8)9/h7-12H,1-6H2. The zero-order valence-corrected chi connectivity index (χ0v) is 7.45. The number of fused-ring (bicyclic) bond motifs is 1. The lowest BCUT2D eigenvalue weighted by Crippen LogP contribution is -2.20. The first-order chi connectivity index (χ1) is 5.79. The van der Waals surface area contributed by atoms with Crippen molar-refractivity contribution in [1.29, 1.82) is 0 Å². The van der Waals surface area contributed by atoms with Crippen LogP contribution >= 0.6 is 0 Å². The Labute approximate surface area is 73.6 Å². The molecule has 0 heterocycles. The van der Waals surface area contributed by atoms with E-state index in [0.29, 0.717) is 18.3 Å². The Balaban J connectivity index is 2.07. The van der Waals surface area contributed by atoms with Crippen LogP contribution < -0.4 is 0 Å². The van der Waals surface area contributed by atoms with Gasteiger partial charge in [-0.25, -0.2) is 0 Å². The van der Waals surface area contributed by atoms with Crippen molar-refractivity contribution in [2.45, 2.75) is 50.7 Å². The van der Waals surface area contributed by atoms with Crippen molar-refractivity contribution in [3.05, 3.63) is 0 Å². The van der Waals surface area contributed by atoms with Gasteiger partial charge >= 0.3 is 0 Å². The van der Waals surface area contributed by atoms with E-state index in [9.17, 15) is 10.2 Å². The molecule has 2 heteroatoms. The second kappa shape index (κ2) is 3.35. The third-order valence-corrected chi connectivity index (χ3v) is 3.60. The lowest BCUT2D eigenvalue weighted by Gasteiger charge is -2.19. The molecule has 0 bridgehead atoms. The minimum absolute atomic E-state index is 0.219. The summed E-state index contributed by atoms with van der Waals surface area (Å²) in [5.41, 5.74) is 0. The van der Waals surface area contributed by atoms with Crippen molar-refractivity contribution in [2.75, 3.05) is 0 Å². The molecule has 4 unspecified atom stereocenters. The van der Waals surface area contributed by atoms with Crippen molar-refractivity contribution < 1.29 is 10.2 Å². The van der Waals surface area contributed by atoms with E-state index >= 15 is 0 Å². The molecule has 4 atom stereocenters. The van der Waals surface area contributed by atoms with Crippen LogP contribution in [-0.2, 0) is 0 Å². The molecule has 0 radical (unpaired) electrons. The molecule has 0 aromatic heterocycles.